The molecule has 0 aliphatic carbocycles. The molecule has 2 aliphatic heterocycles. The topological polar surface area (TPSA) is 82.1 Å². The molecule has 0 unspecified atom stereocenters. The van der Waals surface area contributed by atoms with Gasteiger partial charge < -0.3 is 14.2 Å². The number of rotatable bonds is 4. The third-order valence-electron chi connectivity index (χ3n) is 4.58. The molecule has 0 radical (unpaired) electrons. The lowest BCUT2D eigenvalue weighted by Crippen LogP contribution is -2.37. The molecule has 2 aromatic rings. The Morgan fingerprint density at radius 2 is 1.60 bits per heavy atom. The Bertz CT molecular complexity index is 1000. The van der Waals surface area contributed by atoms with Gasteiger partial charge in [-0.15, -0.1) is 0 Å². The molecule has 7 nitrogen and oxygen atoms in total. The Morgan fingerprint density at radius 1 is 1.00 bits per heavy atom. The van der Waals surface area contributed by atoms with Gasteiger partial charge in [-0.05, 0) is 24.3 Å². The highest BCUT2D eigenvalue weighted by Gasteiger charge is 2.45. The Balaban J connectivity index is 1.53. The van der Waals surface area contributed by atoms with E-state index in [4.69, 9.17) is 9.47 Å². The number of imide groups is 1. The van der Waals surface area contributed by atoms with Crippen molar-refractivity contribution in [2.45, 2.75) is 12.3 Å². The van der Waals surface area contributed by atoms with Crippen LogP contribution < -0.4 is 9.47 Å². The van der Waals surface area contributed by atoms with Gasteiger partial charge in [-0.3, -0.25) is 19.3 Å². The zero-order valence-corrected chi connectivity index (χ0v) is 15.3. The van der Waals surface area contributed by atoms with E-state index >= 15 is 0 Å². The van der Waals surface area contributed by atoms with E-state index in [-0.39, 0.29) is 41.4 Å². The van der Waals surface area contributed by atoms with Crippen LogP contribution in [0, 0.1) is 0 Å². The fourth-order valence-corrected chi connectivity index (χ4v) is 3.23. The van der Waals surface area contributed by atoms with E-state index in [1.807, 2.05) is 0 Å². The second-order valence-corrected chi connectivity index (χ2v) is 6.56. The fraction of sp³-hybridized carbons (Fsp3) is 0.250. The summed E-state index contributed by atoms with van der Waals surface area (Å²) in [7, 11) is 0. The van der Waals surface area contributed by atoms with E-state index < -0.39 is 36.6 Å². The number of alkyl halides is 3. The molecule has 0 N–H and O–H groups in total. The van der Waals surface area contributed by atoms with Crippen molar-refractivity contribution in [1.29, 1.82) is 0 Å². The summed E-state index contributed by atoms with van der Waals surface area (Å²) in [5.41, 5.74) is -0.216. The van der Waals surface area contributed by atoms with Crippen molar-refractivity contribution in [1.82, 2.24) is 4.90 Å². The average Bonchev–Trinajstić information content (AvgIpc) is 2.96. The van der Waals surface area contributed by atoms with Gasteiger partial charge in [0.05, 0.1) is 11.1 Å². The zero-order valence-electron chi connectivity index (χ0n) is 15.3. The first kappa shape index (κ1) is 19.7. The van der Waals surface area contributed by atoms with E-state index in [9.17, 15) is 27.6 Å². The van der Waals surface area contributed by atoms with Crippen LogP contribution in [0.2, 0.25) is 0 Å². The van der Waals surface area contributed by atoms with Gasteiger partial charge in [0.15, 0.2) is 11.5 Å². The minimum atomic E-state index is -4.93. The first-order chi connectivity index (χ1) is 14.3. The summed E-state index contributed by atoms with van der Waals surface area (Å²) in [5.74, 6) is -2.53. The molecule has 10 heteroatoms. The average molecular weight is 421 g/mol. The van der Waals surface area contributed by atoms with Gasteiger partial charge in [-0.1, -0.05) is 18.2 Å². The molecular weight excluding hydrogens is 407 g/mol. The van der Waals surface area contributed by atoms with E-state index in [0.717, 1.165) is 12.1 Å². The van der Waals surface area contributed by atoms with Crippen LogP contribution in [0.1, 0.15) is 32.4 Å². The van der Waals surface area contributed by atoms with Crippen LogP contribution in [0.25, 0.3) is 0 Å². The summed E-state index contributed by atoms with van der Waals surface area (Å²) < 4.78 is 55.9. The monoisotopic (exact) mass is 421 g/mol. The van der Waals surface area contributed by atoms with Crippen molar-refractivity contribution < 1.29 is 41.8 Å². The third-order valence-corrected chi connectivity index (χ3v) is 4.58. The molecule has 4 rings (SSSR count). The Morgan fingerprint density at radius 3 is 2.20 bits per heavy atom. The standard InChI is InChI=1S/C20H14F3NO6/c21-20(22,23)17(11-5-6-14-15(9-11)29-8-7-28-14)30-16(25)10-24-18(26)12-3-1-2-4-13(12)19(24)27/h1-6,9,17H,7-8,10H2/t17-/m0/s1. The molecule has 0 bridgehead atoms. The van der Waals surface area contributed by atoms with Crippen molar-refractivity contribution in [3.8, 4) is 11.5 Å². The van der Waals surface area contributed by atoms with E-state index in [2.05, 4.69) is 4.74 Å². The summed E-state index contributed by atoms with van der Waals surface area (Å²) in [6, 6.07) is 9.35. The number of halogens is 3. The first-order valence-electron chi connectivity index (χ1n) is 8.86. The predicted molar refractivity (Wildman–Crippen MR) is 94.1 cm³/mol. The Kier molecular flexibility index (Phi) is 4.84. The van der Waals surface area contributed by atoms with Crippen LogP contribution in [0.5, 0.6) is 11.5 Å². The summed E-state index contributed by atoms with van der Waals surface area (Å²) in [6.07, 6.45) is -7.53. The van der Waals surface area contributed by atoms with Crippen molar-refractivity contribution in [2.75, 3.05) is 19.8 Å². The van der Waals surface area contributed by atoms with E-state index in [1.54, 1.807) is 0 Å². The van der Waals surface area contributed by atoms with Gasteiger partial charge in [0, 0.05) is 5.56 Å². The van der Waals surface area contributed by atoms with Crippen LogP contribution in [-0.4, -0.2) is 48.6 Å². The number of nitrogens with zero attached hydrogens (tertiary/aromatic N) is 1. The van der Waals surface area contributed by atoms with Crippen molar-refractivity contribution in [3.63, 3.8) is 0 Å². The predicted octanol–water partition coefficient (Wildman–Crippen LogP) is 2.90. The lowest BCUT2D eigenvalue weighted by molar-refractivity contribution is -0.224. The molecule has 0 fully saturated rings. The van der Waals surface area contributed by atoms with Crippen LogP contribution >= 0.6 is 0 Å². The maximum atomic E-state index is 13.6. The first-order valence-corrected chi connectivity index (χ1v) is 8.86. The van der Waals surface area contributed by atoms with Gasteiger partial charge in [0.2, 0.25) is 6.10 Å². The fourth-order valence-electron chi connectivity index (χ4n) is 3.23. The molecule has 0 saturated heterocycles. The molecule has 30 heavy (non-hydrogen) atoms. The summed E-state index contributed by atoms with van der Waals surface area (Å²) in [4.78, 5) is 37.4. The number of benzene rings is 2. The molecule has 0 spiro atoms. The van der Waals surface area contributed by atoms with E-state index in [0.29, 0.717) is 4.90 Å². The highest BCUT2D eigenvalue weighted by Crippen LogP contribution is 2.40. The number of hydrogen-bond donors (Lipinski definition) is 0. The number of amides is 2. The van der Waals surface area contributed by atoms with Crippen molar-refractivity contribution in [2.24, 2.45) is 0 Å². The summed E-state index contributed by atoms with van der Waals surface area (Å²) >= 11 is 0. The number of esters is 1. The van der Waals surface area contributed by atoms with Gasteiger partial charge in [0.25, 0.3) is 11.8 Å². The van der Waals surface area contributed by atoms with Gasteiger partial charge in [-0.25, -0.2) is 0 Å². The van der Waals surface area contributed by atoms with Crippen LogP contribution in [0.15, 0.2) is 42.5 Å². The maximum absolute atomic E-state index is 13.6. The van der Waals surface area contributed by atoms with Crippen LogP contribution in [-0.2, 0) is 9.53 Å². The SMILES string of the molecule is O=C(CN1C(=O)c2ccccc2C1=O)O[C@@H](c1ccc2c(c1)OCCO2)C(F)(F)F. The maximum Gasteiger partial charge on any atom is 0.429 e. The highest BCUT2D eigenvalue weighted by atomic mass is 19.4. The third kappa shape index (κ3) is 3.56. The van der Waals surface area contributed by atoms with Gasteiger partial charge >= 0.3 is 12.1 Å². The Hall–Kier alpha value is -3.56. The van der Waals surface area contributed by atoms with Crippen molar-refractivity contribution in [3.05, 3.63) is 59.2 Å². The van der Waals surface area contributed by atoms with Crippen LogP contribution in [0.3, 0.4) is 0 Å². The number of carbonyl (C=O) groups is 3. The van der Waals surface area contributed by atoms with Gasteiger partial charge in [0.1, 0.15) is 19.8 Å². The largest absolute Gasteiger partial charge is 0.486 e. The minimum absolute atomic E-state index is 0.0782. The lowest BCUT2D eigenvalue weighted by atomic mass is 10.1. The molecule has 0 aromatic heterocycles. The molecular formula is C20H14F3NO6. The van der Waals surface area contributed by atoms with Crippen molar-refractivity contribution >= 4 is 17.8 Å². The summed E-state index contributed by atoms with van der Waals surface area (Å²) in [5, 5.41) is 0. The molecule has 1 atom stereocenters. The smallest absolute Gasteiger partial charge is 0.429 e. The molecule has 2 heterocycles. The zero-order chi connectivity index (χ0) is 21.5. The second kappa shape index (κ2) is 7.36. The quantitative estimate of drug-likeness (QED) is 0.558. The van der Waals surface area contributed by atoms with E-state index in [1.165, 1.54) is 30.3 Å². The lowest BCUT2D eigenvalue weighted by Gasteiger charge is -2.24. The molecule has 156 valence electrons. The normalized spacial score (nSPS) is 16.3. The molecule has 0 saturated carbocycles. The van der Waals surface area contributed by atoms with Gasteiger partial charge in [-0.2, -0.15) is 13.2 Å². The molecule has 2 amide bonds. The summed E-state index contributed by atoms with van der Waals surface area (Å²) in [6.45, 7) is -0.500. The number of hydrogen-bond acceptors (Lipinski definition) is 6. The number of fused-ring (bicyclic) bond motifs is 2. The Labute approximate surface area is 167 Å². The highest BCUT2D eigenvalue weighted by molar-refractivity contribution is 6.22. The second-order valence-electron chi connectivity index (χ2n) is 6.56. The number of ether oxygens (including phenoxy) is 3. The van der Waals surface area contributed by atoms with Crippen LogP contribution in [0.4, 0.5) is 13.2 Å². The molecule has 2 aromatic carbocycles. The minimum Gasteiger partial charge on any atom is -0.486 e. The number of carbonyl (C=O) groups excluding carboxylic acids is 3. The molecule has 2 aliphatic rings.